The number of aromatic nitrogens is 2. The smallest absolute Gasteiger partial charge is 0.194 e. The molecule has 2 aromatic rings. The maximum Gasteiger partial charge on any atom is 0.194 e. The molecule has 18 heavy (non-hydrogen) atoms. The lowest BCUT2D eigenvalue weighted by Gasteiger charge is -2.07. The standard InChI is InChI=1S/C15H22N2S/c1-2-4-6-8-10-14-13(9-7-5-3-1)16-15-17(14)11-12-18-15/h11-12H,1-10H2. The normalized spacial score (nSPS) is 19.1. The molecule has 2 nitrogen and oxygen atoms in total. The molecule has 0 spiro atoms. The van der Waals surface area contributed by atoms with Gasteiger partial charge in [0.1, 0.15) is 0 Å². The molecule has 98 valence electrons. The second-order valence-corrected chi connectivity index (χ2v) is 6.26. The van der Waals surface area contributed by atoms with Crippen LogP contribution in [-0.2, 0) is 12.8 Å². The highest BCUT2D eigenvalue weighted by Crippen LogP contribution is 2.22. The molecule has 0 N–H and O–H groups in total. The van der Waals surface area contributed by atoms with Crippen molar-refractivity contribution < 1.29 is 0 Å². The monoisotopic (exact) mass is 262 g/mol. The number of rotatable bonds is 0. The van der Waals surface area contributed by atoms with E-state index in [0.717, 1.165) is 0 Å². The summed E-state index contributed by atoms with van der Waals surface area (Å²) in [6, 6.07) is 0. The van der Waals surface area contributed by atoms with Crippen molar-refractivity contribution in [1.29, 1.82) is 0 Å². The van der Waals surface area contributed by atoms with E-state index < -0.39 is 0 Å². The average Bonchev–Trinajstić information content (AvgIpc) is 2.91. The van der Waals surface area contributed by atoms with Gasteiger partial charge in [0.25, 0.3) is 0 Å². The minimum absolute atomic E-state index is 1.18. The Balaban J connectivity index is 1.82. The average molecular weight is 262 g/mol. The van der Waals surface area contributed by atoms with Gasteiger partial charge in [-0.15, -0.1) is 11.3 Å². The fraction of sp³-hybridized carbons (Fsp3) is 0.667. The number of hydrogen-bond donors (Lipinski definition) is 0. The van der Waals surface area contributed by atoms with Gasteiger partial charge in [0.2, 0.25) is 0 Å². The highest BCUT2D eigenvalue weighted by Gasteiger charge is 2.12. The minimum Gasteiger partial charge on any atom is -0.294 e. The summed E-state index contributed by atoms with van der Waals surface area (Å²) in [6.45, 7) is 0. The second-order valence-electron chi connectivity index (χ2n) is 5.39. The first-order chi connectivity index (χ1) is 8.95. The molecular weight excluding hydrogens is 240 g/mol. The molecule has 1 aliphatic rings. The van der Waals surface area contributed by atoms with Crippen molar-refractivity contribution in [3.05, 3.63) is 23.0 Å². The molecule has 0 amide bonds. The molecule has 0 unspecified atom stereocenters. The van der Waals surface area contributed by atoms with Crippen LogP contribution in [-0.4, -0.2) is 9.38 Å². The van der Waals surface area contributed by atoms with Gasteiger partial charge >= 0.3 is 0 Å². The van der Waals surface area contributed by atoms with Crippen molar-refractivity contribution in [2.75, 3.05) is 0 Å². The van der Waals surface area contributed by atoms with Crippen LogP contribution in [0.2, 0.25) is 0 Å². The summed E-state index contributed by atoms with van der Waals surface area (Å²) < 4.78 is 2.33. The molecule has 1 aliphatic carbocycles. The molecule has 2 aromatic heterocycles. The van der Waals surface area contributed by atoms with Crippen molar-refractivity contribution in [2.24, 2.45) is 0 Å². The molecule has 0 radical (unpaired) electrons. The Morgan fingerprint density at radius 3 is 2.33 bits per heavy atom. The Morgan fingerprint density at radius 1 is 0.889 bits per heavy atom. The molecule has 2 heterocycles. The molecule has 0 fully saturated rings. The molecule has 0 aromatic carbocycles. The van der Waals surface area contributed by atoms with Gasteiger partial charge in [-0.05, 0) is 25.7 Å². The Bertz CT molecular complexity index is 498. The fourth-order valence-corrected chi connectivity index (χ4v) is 3.74. The molecular formula is C15H22N2S. The summed E-state index contributed by atoms with van der Waals surface area (Å²) in [5, 5.41) is 2.15. The van der Waals surface area contributed by atoms with Crippen molar-refractivity contribution in [3.63, 3.8) is 0 Å². The van der Waals surface area contributed by atoms with Gasteiger partial charge in [-0.25, -0.2) is 4.98 Å². The Hall–Kier alpha value is -0.830. The maximum absolute atomic E-state index is 4.82. The van der Waals surface area contributed by atoms with Crippen LogP contribution in [0, 0.1) is 0 Å². The quantitative estimate of drug-likeness (QED) is 0.677. The first-order valence-corrected chi connectivity index (χ1v) is 8.26. The number of hydrogen-bond acceptors (Lipinski definition) is 2. The van der Waals surface area contributed by atoms with Crippen LogP contribution in [0.4, 0.5) is 0 Å². The van der Waals surface area contributed by atoms with E-state index >= 15 is 0 Å². The molecule has 0 saturated heterocycles. The number of thiazole rings is 1. The lowest BCUT2D eigenvalue weighted by molar-refractivity contribution is 0.555. The van der Waals surface area contributed by atoms with E-state index in [2.05, 4.69) is 16.0 Å². The van der Waals surface area contributed by atoms with Gasteiger partial charge in [0.15, 0.2) is 4.96 Å². The summed E-state index contributed by atoms with van der Waals surface area (Å²) >= 11 is 1.76. The molecule has 0 atom stereocenters. The van der Waals surface area contributed by atoms with Crippen LogP contribution in [0.3, 0.4) is 0 Å². The zero-order valence-corrected chi connectivity index (χ0v) is 11.8. The predicted molar refractivity (Wildman–Crippen MR) is 77.4 cm³/mol. The topological polar surface area (TPSA) is 17.3 Å². The van der Waals surface area contributed by atoms with E-state index in [1.165, 1.54) is 80.6 Å². The second kappa shape index (κ2) is 5.87. The summed E-state index contributed by atoms with van der Waals surface area (Å²) in [5.41, 5.74) is 2.87. The van der Waals surface area contributed by atoms with Gasteiger partial charge in [0, 0.05) is 17.3 Å². The van der Waals surface area contributed by atoms with E-state index in [9.17, 15) is 0 Å². The van der Waals surface area contributed by atoms with Gasteiger partial charge < -0.3 is 0 Å². The summed E-state index contributed by atoms with van der Waals surface area (Å²) in [6.07, 6.45) is 15.7. The number of aryl methyl sites for hydroxylation is 2. The minimum atomic E-state index is 1.18. The third-order valence-corrected chi connectivity index (χ3v) is 4.78. The zero-order valence-electron chi connectivity index (χ0n) is 11.0. The summed E-state index contributed by atoms with van der Waals surface area (Å²) in [7, 11) is 0. The van der Waals surface area contributed by atoms with Crippen molar-refractivity contribution in [1.82, 2.24) is 9.38 Å². The van der Waals surface area contributed by atoms with Gasteiger partial charge in [-0.3, -0.25) is 4.40 Å². The first kappa shape index (κ1) is 12.2. The summed E-state index contributed by atoms with van der Waals surface area (Å²) in [4.78, 5) is 6.01. The van der Waals surface area contributed by atoms with Crippen molar-refractivity contribution in [2.45, 2.75) is 64.2 Å². The van der Waals surface area contributed by atoms with Crippen molar-refractivity contribution >= 4 is 16.3 Å². The zero-order chi connectivity index (χ0) is 12.2. The Kier molecular flexibility index (Phi) is 3.99. The van der Waals surface area contributed by atoms with Crippen LogP contribution in [0.1, 0.15) is 62.8 Å². The molecule has 3 heteroatoms. The first-order valence-electron chi connectivity index (χ1n) is 7.38. The largest absolute Gasteiger partial charge is 0.294 e. The highest BCUT2D eigenvalue weighted by molar-refractivity contribution is 7.15. The SMILES string of the molecule is c1cn2c3c(nc2s1)CCCCCCCCCC3. The summed E-state index contributed by atoms with van der Waals surface area (Å²) in [5.74, 6) is 0. The third kappa shape index (κ3) is 2.61. The Morgan fingerprint density at radius 2 is 1.56 bits per heavy atom. The molecule has 0 aliphatic heterocycles. The molecule has 0 saturated carbocycles. The van der Waals surface area contributed by atoms with E-state index in [1.807, 2.05) is 0 Å². The lowest BCUT2D eigenvalue weighted by Crippen LogP contribution is -1.98. The van der Waals surface area contributed by atoms with Crippen LogP contribution in [0.25, 0.3) is 4.96 Å². The van der Waals surface area contributed by atoms with E-state index in [1.54, 1.807) is 11.3 Å². The Labute approximate surface area is 113 Å². The van der Waals surface area contributed by atoms with Gasteiger partial charge in [-0.1, -0.05) is 38.5 Å². The van der Waals surface area contributed by atoms with Crippen molar-refractivity contribution in [3.8, 4) is 0 Å². The molecule has 3 rings (SSSR count). The van der Waals surface area contributed by atoms with E-state index in [0.29, 0.717) is 0 Å². The third-order valence-electron chi connectivity index (χ3n) is 4.02. The van der Waals surface area contributed by atoms with Crippen LogP contribution in [0.15, 0.2) is 11.6 Å². The number of fused-ring (bicyclic) bond motifs is 3. The maximum atomic E-state index is 4.82. The number of nitrogens with zero attached hydrogens (tertiary/aromatic N) is 2. The van der Waals surface area contributed by atoms with Crippen LogP contribution in [0.5, 0.6) is 0 Å². The van der Waals surface area contributed by atoms with E-state index in [-0.39, 0.29) is 0 Å². The fourth-order valence-electron chi connectivity index (χ4n) is 2.99. The van der Waals surface area contributed by atoms with Gasteiger partial charge in [-0.2, -0.15) is 0 Å². The lowest BCUT2D eigenvalue weighted by atomic mass is 10.0. The van der Waals surface area contributed by atoms with E-state index in [4.69, 9.17) is 4.98 Å². The predicted octanol–water partition coefficient (Wildman–Crippen LogP) is 4.62. The molecule has 0 bridgehead atoms. The number of imidazole rings is 1. The van der Waals surface area contributed by atoms with Crippen LogP contribution < -0.4 is 0 Å². The van der Waals surface area contributed by atoms with Crippen LogP contribution >= 0.6 is 11.3 Å². The van der Waals surface area contributed by atoms with Gasteiger partial charge in [0.05, 0.1) is 5.69 Å². The highest BCUT2D eigenvalue weighted by atomic mass is 32.1.